The minimum Gasteiger partial charge on any atom is -0.332 e. The summed E-state index contributed by atoms with van der Waals surface area (Å²) in [5.41, 5.74) is 3.80. The van der Waals surface area contributed by atoms with E-state index in [1.54, 1.807) is 10.9 Å². The Morgan fingerprint density at radius 2 is 2.05 bits per heavy atom. The Kier molecular flexibility index (Phi) is 4.07. The molecule has 0 atom stereocenters. The number of halogens is 1. The van der Waals surface area contributed by atoms with Crippen LogP contribution in [-0.2, 0) is 7.05 Å². The second-order valence-corrected chi connectivity index (χ2v) is 5.13. The second kappa shape index (κ2) is 5.59. The van der Waals surface area contributed by atoms with Gasteiger partial charge < -0.3 is 10.6 Å². The fourth-order valence-corrected chi connectivity index (χ4v) is 1.99. The summed E-state index contributed by atoms with van der Waals surface area (Å²) in [4.78, 5) is 0. The molecule has 19 heavy (non-hydrogen) atoms. The first-order valence-electron chi connectivity index (χ1n) is 5.80. The van der Waals surface area contributed by atoms with Gasteiger partial charge in [-0.2, -0.15) is 5.10 Å². The Bertz CT molecular complexity index is 621. The van der Waals surface area contributed by atoms with Gasteiger partial charge in [0.05, 0.1) is 17.6 Å². The molecule has 0 spiro atoms. The van der Waals surface area contributed by atoms with Gasteiger partial charge in [0.25, 0.3) is 0 Å². The van der Waals surface area contributed by atoms with Crippen LogP contribution in [0.2, 0.25) is 5.02 Å². The summed E-state index contributed by atoms with van der Waals surface area (Å²) in [7, 11) is 1.89. The van der Waals surface area contributed by atoms with Gasteiger partial charge >= 0.3 is 0 Å². The van der Waals surface area contributed by atoms with Crippen molar-refractivity contribution < 1.29 is 0 Å². The Balaban J connectivity index is 2.05. The molecule has 0 aliphatic heterocycles. The van der Waals surface area contributed by atoms with E-state index in [2.05, 4.69) is 15.7 Å². The van der Waals surface area contributed by atoms with Crippen LogP contribution in [0.15, 0.2) is 24.4 Å². The summed E-state index contributed by atoms with van der Waals surface area (Å²) in [6, 6.07) is 5.73. The van der Waals surface area contributed by atoms with Gasteiger partial charge in [-0.25, -0.2) is 0 Å². The molecule has 0 saturated heterocycles. The van der Waals surface area contributed by atoms with E-state index in [-0.39, 0.29) is 0 Å². The molecule has 1 heterocycles. The highest BCUT2D eigenvalue weighted by Crippen LogP contribution is 2.20. The van der Waals surface area contributed by atoms with Crippen molar-refractivity contribution >= 4 is 40.3 Å². The highest BCUT2D eigenvalue weighted by molar-refractivity contribution is 7.80. The summed E-state index contributed by atoms with van der Waals surface area (Å²) in [5.74, 6) is 0. The summed E-state index contributed by atoms with van der Waals surface area (Å²) < 4.78 is 1.79. The monoisotopic (exact) mass is 294 g/mol. The molecule has 0 unspecified atom stereocenters. The highest BCUT2D eigenvalue weighted by atomic mass is 35.5. The van der Waals surface area contributed by atoms with E-state index in [0.29, 0.717) is 10.1 Å². The van der Waals surface area contributed by atoms with Gasteiger partial charge in [-0.05, 0) is 43.8 Å². The predicted molar refractivity (Wildman–Crippen MR) is 84.0 cm³/mol. The first kappa shape index (κ1) is 13.8. The average Bonchev–Trinajstić information content (AvgIpc) is 2.66. The number of nitrogens with one attached hydrogen (secondary N) is 2. The third-order valence-corrected chi connectivity index (χ3v) is 3.52. The molecule has 0 bridgehead atoms. The number of thiocarbonyl (C=S) groups is 1. The number of anilines is 2. The molecule has 0 fully saturated rings. The number of aryl methyl sites for hydroxylation is 2. The predicted octanol–water partition coefficient (Wildman–Crippen LogP) is 3.50. The maximum absolute atomic E-state index is 6.07. The van der Waals surface area contributed by atoms with Gasteiger partial charge in [-0.1, -0.05) is 17.7 Å². The number of nitrogens with zero attached hydrogens (tertiary/aromatic N) is 2. The minimum atomic E-state index is 0.510. The van der Waals surface area contributed by atoms with E-state index in [9.17, 15) is 0 Å². The number of rotatable bonds is 2. The van der Waals surface area contributed by atoms with Crippen molar-refractivity contribution in [2.75, 3.05) is 10.6 Å². The van der Waals surface area contributed by atoms with Crippen molar-refractivity contribution in [3.05, 3.63) is 40.7 Å². The number of hydrogen-bond acceptors (Lipinski definition) is 2. The molecule has 1 aromatic carbocycles. The number of aromatic nitrogens is 2. The number of hydrogen-bond donors (Lipinski definition) is 2. The molecule has 1 aromatic heterocycles. The highest BCUT2D eigenvalue weighted by Gasteiger charge is 2.06. The van der Waals surface area contributed by atoms with Crippen molar-refractivity contribution in [1.29, 1.82) is 0 Å². The van der Waals surface area contributed by atoms with Gasteiger partial charge in [0.1, 0.15) is 0 Å². The third kappa shape index (κ3) is 3.24. The lowest BCUT2D eigenvalue weighted by molar-refractivity contribution is 0.740. The summed E-state index contributed by atoms with van der Waals surface area (Å²) >= 11 is 11.3. The van der Waals surface area contributed by atoms with Crippen LogP contribution < -0.4 is 10.6 Å². The summed E-state index contributed by atoms with van der Waals surface area (Å²) in [6.45, 7) is 3.93. The molecule has 0 saturated carbocycles. The lowest BCUT2D eigenvalue weighted by Gasteiger charge is -2.11. The van der Waals surface area contributed by atoms with Gasteiger partial charge in [-0.3, -0.25) is 4.68 Å². The topological polar surface area (TPSA) is 41.9 Å². The standard InChI is InChI=1S/C13H15ClN4S/c1-8-4-5-10(6-11(8)14)16-13(19)17-12-7-15-18(3)9(12)2/h4-7H,1-3H3,(H2,16,17,19). The lowest BCUT2D eigenvalue weighted by Crippen LogP contribution is -2.19. The molecule has 0 aliphatic carbocycles. The van der Waals surface area contributed by atoms with Crippen molar-refractivity contribution in [2.45, 2.75) is 13.8 Å². The van der Waals surface area contributed by atoms with Crippen molar-refractivity contribution in [3.8, 4) is 0 Å². The van der Waals surface area contributed by atoms with Crippen LogP contribution in [0.5, 0.6) is 0 Å². The van der Waals surface area contributed by atoms with Crippen LogP contribution in [0.25, 0.3) is 0 Å². The van der Waals surface area contributed by atoms with Crippen molar-refractivity contribution in [1.82, 2.24) is 9.78 Å². The SMILES string of the molecule is Cc1ccc(NC(=S)Nc2cnn(C)c2C)cc1Cl. The summed E-state index contributed by atoms with van der Waals surface area (Å²) in [5, 5.41) is 11.6. The Morgan fingerprint density at radius 3 is 2.63 bits per heavy atom. The Hall–Kier alpha value is -1.59. The smallest absolute Gasteiger partial charge is 0.175 e. The Morgan fingerprint density at radius 1 is 1.32 bits per heavy atom. The molecule has 0 amide bonds. The zero-order chi connectivity index (χ0) is 14.0. The van der Waals surface area contributed by atoms with Gasteiger partial charge in [0.15, 0.2) is 5.11 Å². The molecular formula is C13H15ClN4S. The molecular weight excluding hydrogens is 280 g/mol. The molecule has 0 aliphatic rings. The van der Waals surface area contributed by atoms with Crippen LogP contribution in [0, 0.1) is 13.8 Å². The molecule has 2 rings (SSSR count). The molecule has 6 heteroatoms. The minimum absolute atomic E-state index is 0.510. The number of benzene rings is 1. The van der Waals surface area contributed by atoms with Gasteiger partial charge in [-0.15, -0.1) is 0 Å². The normalized spacial score (nSPS) is 10.3. The van der Waals surface area contributed by atoms with E-state index in [4.69, 9.17) is 23.8 Å². The second-order valence-electron chi connectivity index (χ2n) is 4.31. The van der Waals surface area contributed by atoms with E-state index in [0.717, 1.165) is 22.6 Å². The van der Waals surface area contributed by atoms with Crippen LogP contribution in [-0.4, -0.2) is 14.9 Å². The zero-order valence-corrected chi connectivity index (χ0v) is 12.6. The quantitative estimate of drug-likeness (QED) is 0.832. The van der Waals surface area contributed by atoms with E-state index < -0.39 is 0 Å². The Labute approximate surface area is 122 Å². The largest absolute Gasteiger partial charge is 0.332 e. The molecule has 0 radical (unpaired) electrons. The van der Waals surface area contributed by atoms with Crippen LogP contribution in [0.1, 0.15) is 11.3 Å². The third-order valence-electron chi connectivity index (χ3n) is 2.91. The van der Waals surface area contributed by atoms with Crippen LogP contribution in [0.3, 0.4) is 0 Å². The summed E-state index contributed by atoms with van der Waals surface area (Å²) in [6.07, 6.45) is 1.74. The van der Waals surface area contributed by atoms with Gasteiger partial charge in [0, 0.05) is 17.8 Å². The maximum Gasteiger partial charge on any atom is 0.175 e. The average molecular weight is 295 g/mol. The van der Waals surface area contributed by atoms with Crippen molar-refractivity contribution in [3.63, 3.8) is 0 Å². The van der Waals surface area contributed by atoms with Crippen LogP contribution in [0.4, 0.5) is 11.4 Å². The van der Waals surface area contributed by atoms with E-state index in [1.165, 1.54) is 0 Å². The van der Waals surface area contributed by atoms with E-state index in [1.807, 2.05) is 39.1 Å². The van der Waals surface area contributed by atoms with Crippen molar-refractivity contribution in [2.24, 2.45) is 7.05 Å². The van der Waals surface area contributed by atoms with Gasteiger partial charge in [0.2, 0.25) is 0 Å². The fraction of sp³-hybridized carbons (Fsp3) is 0.231. The molecule has 4 nitrogen and oxygen atoms in total. The molecule has 2 aromatic rings. The van der Waals surface area contributed by atoms with E-state index >= 15 is 0 Å². The first-order valence-corrected chi connectivity index (χ1v) is 6.59. The fourth-order valence-electron chi connectivity index (χ4n) is 1.58. The maximum atomic E-state index is 6.07. The van der Waals surface area contributed by atoms with Crippen LogP contribution >= 0.6 is 23.8 Å². The molecule has 100 valence electrons. The zero-order valence-electron chi connectivity index (χ0n) is 11.0. The first-order chi connectivity index (χ1) is 8.97. The molecule has 2 N–H and O–H groups in total. The lowest BCUT2D eigenvalue weighted by atomic mass is 10.2.